The number of benzene rings is 1. The lowest BCUT2D eigenvalue weighted by molar-refractivity contribution is 0.0963. The third-order valence-corrected chi connectivity index (χ3v) is 6.67. The van der Waals surface area contributed by atoms with Gasteiger partial charge in [-0.3, -0.25) is 4.79 Å². The minimum atomic E-state index is -3.58. The third-order valence-electron chi connectivity index (χ3n) is 4.68. The number of sulfonamides is 1. The first-order chi connectivity index (χ1) is 10.8. The van der Waals surface area contributed by atoms with Gasteiger partial charge in [-0.05, 0) is 56.0 Å². The van der Waals surface area contributed by atoms with Crippen molar-refractivity contribution in [2.75, 3.05) is 20.1 Å². The fourth-order valence-electron chi connectivity index (χ4n) is 3.14. The van der Waals surface area contributed by atoms with Crippen LogP contribution in [0, 0.1) is 11.8 Å². The minimum Gasteiger partial charge on any atom is -0.355 e. The predicted octanol–water partition coefficient (Wildman–Crippen LogP) is 1.04. The molecule has 2 rings (SSSR count). The Morgan fingerprint density at radius 2 is 1.91 bits per heavy atom. The van der Waals surface area contributed by atoms with E-state index in [1.807, 2.05) is 6.92 Å². The molecule has 1 amide bonds. The van der Waals surface area contributed by atoms with E-state index in [4.69, 9.17) is 5.73 Å². The van der Waals surface area contributed by atoms with E-state index >= 15 is 0 Å². The van der Waals surface area contributed by atoms with E-state index in [-0.39, 0.29) is 22.8 Å². The second-order valence-electron chi connectivity index (χ2n) is 6.24. The largest absolute Gasteiger partial charge is 0.355 e. The lowest BCUT2D eigenvalue weighted by Gasteiger charge is -2.40. The quantitative estimate of drug-likeness (QED) is 0.857. The molecule has 3 unspecified atom stereocenters. The molecule has 3 atom stereocenters. The molecule has 1 heterocycles. The van der Waals surface area contributed by atoms with Crippen LogP contribution in [0.5, 0.6) is 0 Å². The average Bonchev–Trinajstić information content (AvgIpc) is 2.54. The summed E-state index contributed by atoms with van der Waals surface area (Å²) in [6.07, 6.45) is 0.803. The summed E-state index contributed by atoms with van der Waals surface area (Å²) in [5.41, 5.74) is 6.22. The second-order valence-corrected chi connectivity index (χ2v) is 8.13. The second kappa shape index (κ2) is 6.98. The van der Waals surface area contributed by atoms with Gasteiger partial charge in [0.15, 0.2) is 0 Å². The van der Waals surface area contributed by atoms with Crippen LogP contribution in [0.15, 0.2) is 29.2 Å². The number of nitrogens with zero attached hydrogens (tertiary/aromatic N) is 1. The summed E-state index contributed by atoms with van der Waals surface area (Å²) in [4.78, 5) is 11.8. The fraction of sp³-hybridized carbons (Fsp3) is 0.562. The van der Waals surface area contributed by atoms with Crippen LogP contribution < -0.4 is 11.1 Å². The van der Waals surface area contributed by atoms with Crippen molar-refractivity contribution in [1.29, 1.82) is 0 Å². The molecule has 128 valence electrons. The number of piperidine rings is 1. The van der Waals surface area contributed by atoms with Crippen molar-refractivity contribution < 1.29 is 13.2 Å². The summed E-state index contributed by atoms with van der Waals surface area (Å²) < 4.78 is 27.3. The number of amides is 1. The standard InChI is InChI=1S/C16H25N3O3S/c1-11-8-12(2)19(10-14(11)9-17)23(21,22)15-6-4-13(5-7-15)16(20)18-3/h4-7,11-12,14H,8-10,17H2,1-3H3,(H,18,20). The van der Waals surface area contributed by atoms with Crippen molar-refractivity contribution in [2.45, 2.75) is 31.2 Å². The first kappa shape index (κ1) is 17.9. The van der Waals surface area contributed by atoms with Gasteiger partial charge >= 0.3 is 0 Å². The maximum Gasteiger partial charge on any atom is 0.251 e. The van der Waals surface area contributed by atoms with Gasteiger partial charge in [-0.15, -0.1) is 0 Å². The zero-order valence-corrected chi connectivity index (χ0v) is 14.6. The van der Waals surface area contributed by atoms with Crippen LogP contribution in [0.2, 0.25) is 0 Å². The highest BCUT2D eigenvalue weighted by molar-refractivity contribution is 7.89. The van der Waals surface area contributed by atoms with Crippen LogP contribution in [0.3, 0.4) is 0 Å². The van der Waals surface area contributed by atoms with E-state index in [0.29, 0.717) is 24.6 Å². The van der Waals surface area contributed by atoms with Crippen molar-refractivity contribution in [1.82, 2.24) is 9.62 Å². The van der Waals surface area contributed by atoms with Gasteiger partial charge in [0.25, 0.3) is 5.91 Å². The Morgan fingerprint density at radius 1 is 1.30 bits per heavy atom. The lowest BCUT2D eigenvalue weighted by atomic mass is 9.85. The monoisotopic (exact) mass is 339 g/mol. The van der Waals surface area contributed by atoms with Gasteiger partial charge in [-0.2, -0.15) is 4.31 Å². The molecule has 0 spiro atoms. The Labute approximate surface area is 138 Å². The Morgan fingerprint density at radius 3 is 2.43 bits per heavy atom. The van der Waals surface area contributed by atoms with E-state index in [0.717, 1.165) is 6.42 Å². The molecule has 1 aromatic rings. The molecule has 1 aliphatic rings. The molecule has 0 radical (unpaired) electrons. The Hall–Kier alpha value is -1.44. The highest BCUT2D eigenvalue weighted by Gasteiger charge is 2.37. The Kier molecular flexibility index (Phi) is 5.44. The zero-order valence-electron chi connectivity index (χ0n) is 13.8. The summed E-state index contributed by atoms with van der Waals surface area (Å²) in [6.45, 7) is 4.98. The highest BCUT2D eigenvalue weighted by Crippen LogP contribution is 2.31. The number of carbonyl (C=O) groups excluding carboxylic acids is 1. The number of carbonyl (C=O) groups is 1. The lowest BCUT2D eigenvalue weighted by Crippen LogP contribution is -2.50. The normalized spacial score (nSPS) is 26.0. The molecule has 1 saturated heterocycles. The topological polar surface area (TPSA) is 92.5 Å². The molecule has 23 heavy (non-hydrogen) atoms. The molecule has 1 aliphatic heterocycles. The summed E-state index contributed by atoms with van der Waals surface area (Å²) >= 11 is 0. The van der Waals surface area contributed by atoms with Crippen molar-refractivity contribution in [3.05, 3.63) is 29.8 Å². The number of nitrogens with two attached hydrogens (primary N) is 1. The molecule has 0 bridgehead atoms. The van der Waals surface area contributed by atoms with Gasteiger partial charge in [-0.1, -0.05) is 6.92 Å². The van der Waals surface area contributed by atoms with Crippen LogP contribution in [0.1, 0.15) is 30.6 Å². The van der Waals surface area contributed by atoms with Crippen molar-refractivity contribution in [2.24, 2.45) is 17.6 Å². The number of hydrogen-bond acceptors (Lipinski definition) is 4. The molecule has 0 aromatic heterocycles. The van der Waals surface area contributed by atoms with Gasteiger partial charge in [0.1, 0.15) is 0 Å². The van der Waals surface area contributed by atoms with E-state index < -0.39 is 10.0 Å². The van der Waals surface area contributed by atoms with E-state index in [9.17, 15) is 13.2 Å². The van der Waals surface area contributed by atoms with Crippen LogP contribution in [0.4, 0.5) is 0 Å². The summed E-state index contributed by atoms with van der Waals surface area (Å²) in [7, 11) is -2.04. The molecule has 3 N–H and O–H groups in total. The highest BCUT2D eigenvalue weighted by atomic mass is 32.2. The summed E-state index contributed by atoms with van der Waals surface area (Å²) in [6, 6.07) is 5.98. The van der Waals surface area contributed by atoms with Gasteiger partial charge < -0.3 is 11.1 Å². The van der Waals surface area contributed by atoms with Gasteiger partial charge in [0, 0.05) is 25.2 Å². The smallest absolute Gasteiger partial charge is 0.251 e. The third kappa shape index (κ3) is 3.57. The molecule has 7 heteroatoms. The predicted molar refractivity (Wildman–Crippen MR) is 89.5 cm³/mol. The number of rotatable bonds is 4. The van der Waals surface area contributed by atoms with Crippen molar-refractivity contribution >= 4 is 15.9 Å². The van der Waals surface area contributed by atoms with Crippen LogP contribution in [-0.4, -0.2) is 44.8 Å². The summed E-state index contributed by atoms with van der Waals surface area (Å²) in [5.74, 6) is 0.348. The molecule has 1 fully saturated rings. The van der Waals surface area contributed by atoms with E-state index in [1.54, 1.807) is 4.31 Å². The molecule has 1 aromatic carbocycles. The zero-order chi connectivity index (χ0) is 17.2. The van der Waals surface area contributed by atoms with E-state index in [1.165, 1.54) is 31.3 Å². The molecular formula is C16H25N3O3S. The SMILES string of the molecule is CNC(=O)c1ccc(S(=O)(=O)N2CC(CN)C(C)CC2C)cc1. The van der Waals surface area contributed by atoms with Crippen LogP contribution in [0.25, 0.3) is 0 Å². The van der Waals surface area contributed by atoms with Gasteiger partial charge in [0.05, 0.1) is 4.90 Å². The minimum absolute atomic E-state index is 0.0589. The van der Waals surface area contributed by atoms with Crippen LogP contribution >= 0.6 is 0 Å². The number of nitrogens with one attached hydrogen (secondary N) is 1. The Balaban J connectivity index is 2.28. The Bertz CT molecular complexity index is 658. The van der Waals surface area contributed by atoms with Crippen molar-refractivity contribution in [3.8, 4) is 0 Å². The average molecular weight is 339 g/mol. The number of hydrogen-bond donors (Lipinski definition) is 2. The van der Waals surface area contributed by atoms with Crippen LogP contribution in [-0.2, 0) is 10.0 Å². The first-order valence-corrected chi connectivity index (χ1v) is 9.29. The maximum absolute atomic E-state index is 12.9. The van der Waals surface area contributed by atoms with Gasteiger partial charge in [0.2, 0.25) is 10.0 Å². The molecular weight excluding hydrogens is 314 g/mol. The molecule has 0 aliphatic carbocycles. The van der Waals surface area contributed by atoms with Crippen molar-refractivity contribution in [3.63, 3.8) is 0 Å². The van der Waals surface area contributed by atoms with Gasteiger partial charge in [-0.25, -0.2) is 8.42 Å². The fourth-order valence-corrected chi connectivity index (χ4v) is 4.84. The molecule has 0 saturated carbocycles. The first-order valence-electron chi connectivity index (χ1n) is 7.85. The van der Waals surface area contributed by atoms with E-state index in [2.05, 4.69) is 12.2 Å². The summed E-state index contributed by atoms with van der Waals surface area (Å²) in [5, 5.41) is 2.52. The molecule has 6 nitrogen and oxygen atoms in total. The maximum atomic E-state index is 12.9.